The molecule has 0 amide bonds. The molecule has 0 bridgehead atoms. The highest BCUT2D eigenvalue weighted by Gasteiger charge is 2.08. The van der Waals surface area contributed by atoms with Gasteiger partial charge < -0.3 is 10.1 Å². The van der Waals surface area contributed by atoms with Gasteiger partial charge in [-0.05, 0) is 24.3 Å². The normalized spacial score (nSPS) is 11.6. The number of rotatable bonds is 0. The first-order valence-electron chi connectivity index (χ1n) is 5.81. The van der Waals surface area contributed by atoms with Crippen molar-refractivity contribution < 1.29 is 5.11 Å². The zero-order valence-corrected chi connectivity index (χ0v) is 9.51. The van der Waals surface area contributed by atoms with E-state index in [1.807, 2.05) is 30.5 Å². The summed E-state index contributed by atoms with van der Waals surface area (Å²) in [6.45, 7) is 0. The molecular formula is C15H10N2O. The van der Waals surface area contributed by atoms with Gasteiger partial charge in [0.25, 0.3) is 0 Å². The molecule has 0 unspecified atom stereocenters. The summed E-state index contributed by atoms with van der Waals surface area (Å²) in [6.07, 6.45) is 1.88. The number of phenolic OH excluding ortho intramolecular Hbond substituents is 1. The van der Waals surface area contributed by atoms with Crippen molar-refractivity contribution in [3.63, 3.8) is 0 Å². The van der Waals surface area contributed by atoms with Crippen molar-refractivity contribution in [3.05, 3.63) is 48.7 Å². The fourth-order valence-corrected chi connectivity index (χ4v) is 2.48. The highest BCUT2D eigenvalue weighted by atomic mass is 16.3. The predicted octanol–water partition coefficient (Wildman–Crippen LogP) is 3.57. The Morgan fingerprint density at radius 2 is 1.83 bits per heavy atom. The van der Waals surface area contributed by atoms with Crippen LogP contribution in [0.1, 0.15) is 0 Å². The molecule has 0 fully saturated rings. The second kappa shape index (κ2) is 3.23. The van der Waals surface area contributed by atoms with Crippen LogP contribution in [0, 0.1) is 0 Å². The third-order valence-electron chi connectivity index (χ3n) is 3.33. The van der Waals surface area contributed by atoms with Gasteiger partial charge in [0.05, 0.1) is 11.0 Å². The van der Waals surface area contributed by atoms with Gasteiger partial charge in [-0.25, -0.2) is 0 Å². The Labute approximate surface area is 103 Å². The predicted molar refractivity (Wildman–Crippen MR) is 72.8 cm³/mol. The summed E-state index contributed by atoms with van der Waals surface area (Å²) in [5.74, 6) is 0.260. The number of aromatic amines is 1. The van der Waals surface area contributed by atoms with E-state index in [4.69, 9.17) is 0 Å². The van der Waals surface area contributed by atoms with E-state index in [9.17, 15) is 5.11 Å². The van der Waals surface area contributed by atoms with E-state index >= 15 is 0 Å². The Kier molecular flexibility index (Phi) is 1.70. The number of benzene rings is 2. The summed E-state index contributed by atoms with van der Waals surface area (Å²) >= 11 is 0. The zero-order chi connectivity index (χ0) is 12.1. The summed E-state index contributed by atoms with van der Waals surface area (Å²) in [5.41, 5.74) is 2.99. The van der Waals surface area contributed by atoms with E-state index in [1.54, 1.807) is 12.1 Å². The monoisotopic (exact) mass is 234 g/mol. The third-order valence-corrected chi connectivity index (χ3v) is 3.33. The van der Waals surface area contributed by atoms with Gasteiger partial charge >= 0.3 is 0 Å². The van der Waals surface area contributed by atoms with Crippen LogP contribution in [-0.2, 0) is 0 Å². The molecular weight excluding hydrogens is 224 g/mol. The Bertz CT molecular complexity index is 893. The Balaban J connectivity index is 2.31. The Hall–Kier alpha value is -2.55. The standard InChI is InChI=1S/C15H10N2O/c18-9-5-6-13-11(7-9)15-12(8-16-13)10-3-1-2-4-14(10)17-15/h1-8,17-18H. The molecule has 0 radical (unpaired) electrons. The third kappa shape index (κ3) is 1.16. The van der Waals surface area contributed by atoms with Crippen LogP contribution in [0.15, 0.2) is 48.7 Å². The van der Waals surface area contributed by atoms with Crippen molar-refractivity contribution in [1.29, 1.82) is 0 Å². The van der Waals surface area contributed by atoms with Gasteiger partial charge in [0.2, 0.25) is 0 Å². The fourth-order valence-electron chi connectivity index (χ4n) is 2.48. The molecule has 4 aromatic rings. The molecule has 0 saturated carbocycles. The first-order chi connectivity index (χ1) is 8.83. The van der Waals surface area contributed by atoms with E-state index in [0.717, 1.165) is 32.7 Å². The SMILES string of the molecule is Oc1ccc2ncc3c4ccccc4[nH]c3c2c1. The highest BCUT2D eigenvalue weighted by Crippen LogP contribution is 2.31. The summed E-state index contributed by atoms with van der Waals surface area (Å²) in [6, 6.07) is 13.4. The second-order valence-electron chi connectivity index (χ2n) is 4.42. The number of hydrogen-bond donors (Lipinski definition) is 2. The van der Waals surface area contributed by atoms with Crippen molar-refractivity contribution in [3.8, 4) is 5.75 Å². The lowest BCUT2D eigenvalue weighted by atomic mass is 10.1. The van der Waals surface area contributed by atoms with Crippen LogP contribution < -0.4 is 0 Å². The van der Waals surface area contributed by atoms with Crippen molar-refractivity contribution in [2.45, 2.75) is 0 Å². The van der Waals surface area contributed by atoms with Crippen LogP contribution >= 0.6 is 0 Å². The molecule has 2 aromatic carbocycles. The van der Waals surface area contributed by atoms with E-state index in [0.29, 0.717) is 0 Å². The fraction of sp³-hybridized carbons (Fsp3) is 0. The number of H-pyrrole nitrogens is 1. The molecule has 86 valence electrons. The molecule has 0 saturated heterocycles. The molecule has 2 heterocycles. The minimum absolute atomic E-state index is 0.260. The lowest BCUT2D eigenvalue weighted by molar-refractivity contribution is 0.476. The maximum absolute atomic E-state index is 9.62. The zero-order valence-electron chi connectivity index (χ0n) is 9.51. The second-order valence-corrected chi connectivity index (χ2v) is 4.42. The van der Waals surface area contributed by atoms with Crippen molar-refractivity contribution in [1.82, 2.24) is 9.97 Å². The number of aromatic nitrogens is 2. The number of pyridine rings is 1. The average Bonchev–Trinajstić information content (AvgIpc) is 2.78. The number of nitrogens with one attached hydrogen (secondary N) is 1. The highest BCUT2D eigenvalue weighted by molar-refractivity contribution is 6.15. The van der Waals surface area contributed by atoms with E-state index in [2.05, 4.69) is 16.0 Å². The summed E-state index contributed by atoms with van der Waals surface area (Å²) in [7, 11) is 0. The summed E-state index contributed by atoms with van der Waals surface area (Å²) in [5, 5.41) is 12.8. The number of para-hydroxylation sites is 1. The number of phenols is 1. The topological polar surface area (TPSA) is 48.9 Å². The lowest BCUT2D eigenvalue weighted by Crippen LogP contribution is -1.80. The smallest absolute Gasteiger partial charge is 0.116 e. The largest absolute Gasteiger partial charge is 0.508 e. The van der Waals surface area contributed by atoms with E-state index in [1.165, 1.54) is 0 Å². The molecule has 3 nitrogen and oxygen atoms in total. The quantitative estimate of drug-likeness (QED) is 0.488. The van der Waals surface area contributed by atoms with Gasteiger partial charge in [0, 0.05) is 27.9 Å². The lowest BCUT2D eigenvalue weighted by Gasteiger charge is -1.99. The van der Waals surface area contributed by atoms with E-state index < -0.39 is 0 Å². The molecule has 0 atom stereocenters. The average molecular weight is 234 g/mol. The van der Waals surface area contributed by atoms with Crippen LogP contribution in [-0.4, -0.2) is 15.1 Å². The van der Waals surface area contributed by atoms with Gasteiger partial charge in [-0.2, -0.15) is 0 Å². The summed E-state index contributed by atoms with van der Waals surface area (Å²) < 4.78 is 0. The van der Waals surface area contributed by atoms with Crippen LogP contribution in [0.3, 0.4) is 0 Å². The maximum atomic E-state index is 9.62. The van der Waals surface area contributed by atoms with Crippen molar-refractivity contribution in [2.75, 3.05) is 0 Å². The Morgan fingerprint density at radius 3 is 2.78 bits per heavy atom. The van der Waals surface area contributed by atoms with Gasteiger partial charge in [-0.3, -0.25) is 4.98 Å². The Morgan fingerprint density at radius 1 is 0.944 bits per heavy atom. The van der Waals surface area contributed by atoms with Crippen LogP contribution in [0.5, 0.6) is 5.75 Å². The first-order valence-corrected chi connectivity index (χ1v) is 5.81. The molecule has 0 aliphatic carbocycles. The minimum atomic E-state index is 0.260. The molecule has 2 aromatic heterocycles. The molecule has 4 rings (SSSR count). The summed E-state index contributed by atoms with van der Waals surface area (Å²) in [4.78, 5) is 7.84. The van der Waals surface area contributed by atoms with Crippen molar-refractivity contribution >= 4 is 32.7 Å². The number of hydrogen-bond acceptors (Lipinski definition) is 2. The first kappa shape index (κ1) is 9.48. The molecule has 3 heteroatoms. The molecule has 2 N–H and O–H groups in total. The number of nitrogens with zero attached hydrogens (tertiary/aromatic N) is 1. The van der Waals surface area contributed by atoms with Gasteiger partial charge in [-0.15, -0.1) is 0 Å². The van der Waals surface area contributed by atoms with Gasteiger partial charge in [0.15, 0.2) is 0 Å². The molecule has 0 aliphatic heterocycles. The number of aromatic hydroxyl groups is 1. The molecule has 0 spiro atoms. The van der Waals surface area contributed by atoms with Crippen LogP contribution in [0.4, 0.5) is 0 Å². The minimum Gasteiger partial charge on any atom is -0.508 e. The maximum Gasteiger partial charge on any atom is 0.116 e. The van der Waals surface area contributed by atoms with Gasteiger partial charge in [-0.1, -0.05) is 18.2 Å². The molecule has 18 heavy (non-hydrogen) atoms. The van der Waals surface area contributed by atoms with Crippen molar-refractivity contribution in [2.24, 2.45) is 0 Å². The van der Waals surface area contributed by atoms with Gasteiger partial charge in [0.1, 0.15) is 5.75 Å². The van der Waals surface area contributed by atoms with E-state index in [-0.39, 0.29) is 5.75 Å². The van der Waals surface area contributed by atoms with Crippen LogP contribution in [0.2, 0.25) is 0 Å². The number of fused-ring (bicyclic) bond motifs is 5. The molecule has 0 aliphatic rings. The van der Waals surface area contributed by atoms with Crippen LogP contribution in [0.25, 0.3) is 32.7 Å².